The minimum atomic E-state index is -0.342. The van der Waals surface area contributed by atoms with Crippen molar-refractivity contribution in [1.82, 2.24) is 5.32 Å². The van der Waals surface area contributed by atoms with E-state index in [0.717, 1.165) is 5.69 Å². The summed E-state index contributed by atoms with van der Waals surface area (Å²) in [6.45, 7) is 1.56. The number of amides is 2. The Hall–Kier alpha value is -2.47. The van der Waals surface area contributed by atoms with E-state index < -0.39 is 0 Å². The molecular weight excluding hydrogens is 306 g/mol. The molecule has 1 aliphatic rings. The van der Waals surface area contributed by atoms with Gasteiger partial charge in [-0.3, -0.25) is 9.59 Å². The molecule has 0 aliphatic carbocycles. The summed E-state index contributed by atoms with van der Waals surface area (Å²) in [6.07, 6.45) is 1.44. The van der Waals surface area contributed by atoms with Crippen molar-refractivity contribution in [1.29, 1.82) is 0 Å². The van der Waals surface area contributed by atoms with Gasteiger partial charge in [0.05, 0.1) is 23.5 Å². The van der Waals surface area contributed by atoms with Gasteiger partial charge < -0.3 is 20.0 Å². The average molecular weight is 320 g/mol. The zero-order chi connectivity index (χ0) is 15.5. The summed E-state index contributed by atoms with van der Waals surface area (Å²) in [5.74, 6) is -0.142. The van der Waals surface area contributed by atoms with Gasteiger partial charge in [0, 0.05) is 18.8 Å². The second-order valence-electron chi connectivity index (χ2n) is 4.87. The molecule has 0 spiro atoms. The number of hydrogen-bond donors (Lipinski definition) is 2. The van der Waals surface area contributed by atoms with Crippen LogP contribution in [0, 0.1) is 0 Å². The quantitative estimate of drug-likeness (QED) is 0.908. The van der Waals surface area contributed by atoms with Crippen LogP contribution in [0.15, 0.2) is 41.0 Å². The molecule has 1 aromatic carbocycles. The Balaban J connectivity index is 1.74. The van der Waals surface area contributed by atoms with Crippen molar-refractivity contribution < 1.29 is 14.0 Å². The van der Waals surface area contributed by atoms with Gasteiger partial charge in [-0.25, -0.2) is 0 Å². The molecule has 1 fully saturated rings. The number of nitrogens with one attached hydrogen (secondary N) is 2. The fraction of sp³-hybridized carbons (Fsp3) is 0.200. The molecule has 2 N–H and O–H groups in total. The molecular formula is C15H14ClN3O3. The molecule has 0 bridgehead atoms. The van der Waals surface area contributed by atoms with Crippen molar-refractivity contribution in [3.8, 4) is 0 Å². The minimum Gasteiger partial charge on any atom is -0.459 e. The Kier molecular flexibility index (Phi) is 4.02. The predicted octanol–water partition coefficient (Wildman–Crippen LogP) is 2.12. The lowest BCUT2D eigenvalue weighted by Gasteiger charge is -2.29. The first-order chi connectivity index (χ1) is 10.6. The summed E-state index contributed by atoms with van der Waals surface area (Å²) in [6, 6.07) is 8.42. The van der Waals surface area contributed by atoms with Crippen molar-refractivity contribution in [2.75, 3.05) is 29.9 Å². The van der Waals surface area contributed by atoms with Gasteiger partial charge in [-0.1, -0.05) is 11.6 Å². The topological polar surface area (TPSA) is 74.6 Å². The van der Waals surface area contributed by atoms with Gasteiger partial charge >= 0.3 is 0 Å². The summed E-state index contributed by atoms with van der Waals surface area (Å²) in [5.41, 5.74) is 1.34. The second-order valence-corrected chi connectivity index (χ2v) is 5.28. The summed E-state index contributed by atoms with van der Waals surface area (Å²) < 4.78 is 5.03. The smallest absolute Gasteiger partial charge is 0.291 e. The highest BCUT2D eigenvalue weighted by molar-refractivity contribution is 6.33. The molecule has 1 saturated heterocycles. The SMILES string of the molecule is O=C1CN(c2ccc(NC(=O)c3ccco3)cc2Cl)CCN1. The van der Waals surface area contributed by atoms with Crippen LogP contribution in [0.25, 0.3) is 0 Å². The number of rotatable bonds is 3. The first-order valence-corrected chi connectivity index (χ1v) is 7.17. The monoisotopic (exact) mass is 319 g/mol. The van der Waals surface area contributed by atoms with Crippen LogP contribution in [-0.4, -0.2) is 31.4 Å². The number of carbonyl (C=O) groups excluding carboxylic acids is 2. The van der Waals surface area contributed by atoms with Crippen LogP contribution in [0.2, 0.25) is 5.02 Å². The van der Waals surface area contributed by atoms with Crippen LogP contribution in [0.5, 0.6) is 0 Å². The van der Waals surface area contributed by atoms with Crippen LogP contribution in [0.3, 0.4) is 0 Å². The zero-order valence-corrected chi connectivity index (χ0v) is 12.4. The lowest BCUT2D eigenvalue weighted by molar-refractivity contribution is -0.120. The fourth-order valence-electron chi connectivity index (χ4n) is 2.29. The number of anilines is 2. The molecule has 0 atom stereocenters. The Morgan fingerprint density at radius 2 is 2.23 bits per heavy atom. The average Bonchev–Trinajstić information content (AvgIpc) is 3.01. The highest BCUT2D eigenvalue weighted by Crippen LogP contribution is 2.29. The van der Waals surface area contributed by atoms with Gasteiger partial charge in [-0.05, 0) is 30.3 Å². The maximum absolute atomic E-state index is 11.9. The summed E-state index contributed by atoms with van der Waals surface area (Å²) in [5, 5.41) is 5.95. The van der Waals surface area contributed by atoms with E-state index in [1.807, 2.05) is 4.90 Å². The standard InChI is InChI=1S/C15H14ClN3O3/c16-11-8-10(18-15(21)13-2-1-7-22-13)3-4-12(11)19-6-5-17-14(20)9-19/h1-4,7-8H,5-6,9H2,(H,17,20)(H,18,21). The normalized spacial score (nSPS) is 14.6. The highest BCUT2D eigenvalue weighted by atomic mass is 35.5. The third-order valence-electron chi connectivity index (χ3n) is 3.33. The minimum absolute atomic E-state index is 0.0301. The van der Waals surface area contributed by atoms with E-state index in [1.54, 1.807) is 30.3 Å². The maximum atomic E-state index is 11.9. The molecule has 1 aromatic heterocycles. The summed E-state index contributed by atoms with van der Waals surface area (Å²) in [4.78, 5) is 25.2. The van der Waals surface area contributed by atoms with E-state index in [2.05, 4.69) is 10.6 Å². The third-order valence-corrected chi connectivity index (χ3v) is 3.63. The van der Waals surface area contributed by atoms with Crippen LogP contribution in [0.4, 0.5) is 11.4 Å². The Morgan fingerprint density at radius 3 is 2.91 bits per heavy atom. The third kappa shape index (κ3) is 3.07. The van der Waals surface area contributed by atoms with Crippen LogP contribution < -0.4 is 15.5 Å². The van der Waals surface area contributed by atoms with Gasteiger partial charge in [0.1, 0.15) is 0 Å². The lowest BCUT2D eigenvalue weighted by atomic mass is 10.2. The first-order valence-electron chi connectivity index (χ1n) is 6.79. The number of carbonyl (C=O) groups is 2. The molecule has 0 saturated carbocycles. The molecule has 2 amide bonds. The number of hydrogen-bond acceptors (Lipinski definition) is 4. The fourth-order valence-corrected chi connectivity index (χ4v) is 2.59. The largest absolute Gasteiger partial charge is 0.459 e. The summed E-state index contributed by atoms with van der Waals surface area (Å²) in [7, 11) is 0. The Bertz CT molecular complexity index is 700. The maximum Gasteiger partial charge on any atom is 0.291 e. The number of furan rings is 1. The van der Waals surface area contributed by atoms with E-state index in [-0.39, 0.29) is 24.1 Å². The van der Waals surface area contributed by atoms with E-state index in [0.29, 0.717) is 23.8 Å². The number of piperazine rings is 1. The molecule has 1 aliphatic heterocycles. The lowest BCUT2D eigenvalue weighted by Crippen LogP contribution is -2.47. The number of halogens is 1. The summed E-state index contributed by atoms with van der Waals surface area (Å²) >= 11 is 6.27. The second kappa shape index (κ2) is 6.11. The van der Waals surface area contributed by atoms with E-state index in [9.17, 15) is 9.59 Å². The van der Waals surface area contributed by atoms with Gasteiger partial charge in [-0.15, -0.1) is 0 Å². The van der Waals surface area contributed by atoms with E-state index in [4.69, 9.17) is 16.0 Å². The molecule has 6 nitrogen and oxygen atoms in total. The van der Waals surface area contributed by atoms with E-state index in [1.165, 1.54) is 6.26 Å². The van der Waals surface area contributed by atoms with Crippen molar-refractivity contribution >= 4 is 34.8 Å². The van der Waals surface area contributed by atoms with E-state index >= 15 is 0 Å². The van der Waals surface area contributed by atoms with Gasteiger partial charge in [0.25, 0.3) is 5.91 Å². The Labute approximate surface area is 132 Å². The first kappa shape index (κ1) is 14.5. The molecule has 3 rings (SSSR count). The molecule has 2 heterocycles. The molecule has 0 radical (unpaired) electrons. The van der Waals surface area contributed by atoms with Gasteiger partial charge in [0.2, 0.25) is 5.91 Å². The Morgan fingerprint density at radius 1 is 1.36 bits per heavy atom. The number of nitrogens with zero attached hydrogens (tertiary/aromatic N) is 1. The molecule has 22 heavy (non-hydrogen) atoms. The van der Waals surface area contributed by atoms with Crippen molar-refractivity contribution in [2.24, 2.45) is 0 Å². The molecule has 2 aromatic rings. The zero-order valence-electron chi connectivity index (χ0n) is 11.6. The van der Waals surface area contributed by atoms with Crippen LogP contribution in [0.1, 0.15) is 10.6 Å². The van der Waals surface area contributed by atoms with Crippen molar-refractivity contribution in [3.63, 3.8) is 0 Å². The van der Waals surface area contributed by atoms with Crippen molar-refractivity contribution in [3.05, 3.63) is 47.4 Å². The predicted molar refractivity (Wildman–Crippen MR) is 83.3 cm³/mol. The molecule has 114 valence electrons. The van der Waals surface area contributed by atoms with Gasteiger partial charge in [0.15, 0.2) is 5.76 Å². The van der Waals surface area contributed by atoms with Crippen LogP contribution >= 0.6 is 11.6 Å². The van der Waals surface area contributed by atoms with Crippen LogP contribution in [-0.2, 0) is 4.79 Å². The van der Waals surface area contributed by atoms with Gasteiger partial charge in [-0.2, -0.15) is 0 Å². The number of benzene rings is 1. The highest BCUT2D eigenvalue weighted by Gasteiger charge is 2.19. The molecule has 0 unspecified atom stereocenters. The van der Waals surface area contributed by atoms with Crippen molar-refractivity contribution in [2.45, 2.75) is 0 Å². The molecule has 7 heteroatoms.